The van der Waals surface area contributed by atoms with Crippen LogP contribution in [-0.4, -0.2) is 57.8 Å². The molecule has 44 heavy (non-hydrogen) atoms. The van der Waals surface area contributed by atoms with Crippen LogP contribution < -0.4 is 24.4 Å². The molecule has 0 aliphatic heterocycles. The number of aliphatic imine (C=N–C) groups is 1. The molecule has 0 bridgehead atoms. The molecule has 1 heterocycles. The summed E-state index contributed by atoms with van der Waals surface area (Å²) < 4.78 is 53.7. The molecule has 0 aliphatic rings. The van der Waals surface area contributed by atoms with E-state index in [1.54, 1.807) is 48.5 Å². The molecule has 4 rings (SSSR count). The van der Waals surface area contributed by atoms with Crippen LogP contribution >= 0.6 is 11.8 Å². The number of aromatic nitrogens is 3. The Kier molecular flexibility index (Phi) is 10.8. The summed E-state index contributed by atoms with van der Waals surface area (Å²) in [5.41, 5.74) is 1.61. The minimum Gasteiger partial charge on any atom is -0.492 e. The molecule has 0 radical (unpaired) electrons. The molecule has 0 unspecified atom stereocenters. The molecular weight excluding hydrogens is 601 g/mol. The van der Waals surface area contributed by atoms with Gasteiger partial charge < -0.3 is 19.5 Å². The van der Waals surface area contributed by atoms with Crippen LogP contribution in [0.25, 0.3) is 17.1 Å². The molecule has 4 aromatic rings. The van der Waals surface area contributed by atoms with Crippen molar-refractivity contribution in [2.75, 3.05) is 24.0 Å². The largest absolute Gasteiger partial charge is 0.573 e. The SMILES string of the molecule is CCOc1ccccc1N(C=O)C(=NC(=O)NCOc1ccc(-c2ncn(-c3ccc(OC(F)(F)F)cc3)n2)cc1)SCC. The van der Waals surface area contributed by atoms with E-state index >= 15 is 0 Å². The third-order valence-electron chi connectivity index (χ3n) is 5.61. The molecule has 11 nitrogen and oxygen atoms in total. The molecule has 1 aromatic heterocycles. The molecule has 0 spiro atoms. The summed E-state index contributed by atoms with van der Waals surface area (Å²) in [4.78, 5) is 34.1. The van der Waals surface area contributed by atoms with Gasteiger partial charge in [0.1, 0.15) is 23.6 Å². The Hall–Kier alpha value is -5.05. The summed E-state index contributed by atoms with van der Waals surface area (Å²) in [6.45, 7) is 3.91. The Balaban J connectivity index is 1.35. The fourth-order valence-electron chi connectivity index (χ4n) is 3.75. The Morgan fingerprint density at radius 3 is 2.39 bits per heavy atom. The van der Waals surface area contributed by atoms with Crippen molar-refractivity contribution < 1.29 is 37.0 Å². The number of ether oxygens (including phenoxy) is 3. The quantitative estimate of drug-likeness (QED) is 0.0923. The van der Waals surface area contributed by atoms with Gasteiger partial charge in [-0.1, -0.05) is 30.8 Å². The van der Waals surface area contributed by atoms with Crippen LogP contribution in [0.15, 0.2) is 84.1 Å². The van der Waals surface area contributed by atoms with Crippen molar-refractivity contribution in [2.24, 2.45) is 4.99 Å². The predicted molar refractivity (Wildman–Crippen MR) is 159 cm³/mol. The highest BCUT2D eigenvalue weighted by molar-refractivity contribution is 8.14. The zero-order valence-electron chi connectivity index (χ0n) is 23.5. The summed E-state index contributed by atoms with van der Waals surface area (Å²) in [5, 5.41) is 7.08. The van der Waals surface area contributed by atoms with Gasteiger partial charge >= 0.3 is 12.4 Å². The van der Waals surface area contributed by atoms with Crippen molar-refractivity contribution in [3.05, 3.63) is 79.1 Å². The second-order valence-corrected chi connectivity index (χ2v) is 9.78. The number of urea groups is 1. The minimum absolute atomic E-state index is 0.175. The number of nitrogens with one attached hydrogen (secondary N) is 1. The van der Waals surface area contributed by atoms with E-state index in [0.29, 0.717) is 53.0 Å². The fraction of sp³-hybridized carbons (Fsp3) is 0.207. The second-order valence-electron chi connectivity index (χ2n) is 8.55. The molecular formula is C29H27F3N6O5S. The van der Waals surface area contributed by atoms with E-state index in [9.17, 15) is 22.8 Å². The average molecular weight is 629 g/mol. The van der Waals surface area contributed by atoms with Gasteiger partial charge in [-0.15, -0.1) is 18.3 Å². The third kappa shape index (κ3) is 8.73. The van der Waals surface area contributed by atoms with Crippen LogP contribution in [0.3, 0.4) is 0 Å². The first-order chi connectivity index (χ1) is 21.2. The van der Waals surface area contributed by atoms with E-state index in [1.807, 2.05) is 13.8 Å². The van der Waals surface area contributed by atoms with E-state index in [-0.39, 0.29) is 17.6 Å². The Bertz CT molecular complexity index is 1580. The maximum atomic E-state index is 12.6. The van der Waals surface area contributed by atoms with Gasteiger partial charge in [-0.2, -0.15) is 4.99 Å². The molecule has 0 aliphatic carbocycles. The van der Waals surface area contributed by atoms with Gasteiger partial charge in [0.25, 0.3) is 0 Å². The summed E-state index contributed by atoms with van der Waals surface area (Å²) in [5.74, 6) is 1.52. The topological polar surface area (TPSA) is 120 Å². The first-order valence-corrected chi connectivity index (χ1v) is 14.2. The summed E-state index contributed by atoms with van der Waals surface area (Å²) in [7, 11) is 0. The van der Waals surface area contributed by atoms with E-state index in [4.69, 9.17) is 9.47 Å². The number of amidine groups is 1. The highest BCUT2D eigenvalue weighted by atomic mass is 32.2. The van der Waals surface area contributed by atoms with Gasteiger partial charge in [0.2, 0.25) is 6.41 Å². The molecule has 0 atom stereocenters. The smallest absolute Gasteiger partial charge is 0.492 e. The van der Waals surface area contributed by atoms with Gasteiger partial charge in [0.05, 0.1) is 18.0 Å². The lowest BCUT2D eigenvalue weighted by molar-refractivity contribution is -0.274. The Morgan fingerprint density at radius 2 is 1.73 bits per heavy atom. The van der Waals surface area contributed by atoms with Crippen LogP contribution in [0.1, 0.15) is 13.8 Å². The molecule has 230 valence electrons. The van der Waals surface area contributed by atoms with Crippen LogP contribution in [0.2, 0.25) is 0 Å². The van der Waals surface area contributed by atoms with Crippen molar-refractivity contribution in [1.29, 1.82) is 0 Å². The number of hydrogen-bond acceptors (Lipinski definition) is 8. The lowest BCUT2D eigenvalue weighted by atomic mass is 10.2. The third-order valence-corrected chi connectivity index (χ3v) is 6.44. The lowest BCUT2D eigenvalue weighted by Gasteiger charge is -2.21. The summed E-state index contributed by atoms with van der Waals surface area (Å²) in [6.07, 6.45) is -2.77. The van der Waals surface area contributed by atoms with Gasteiger partial charge in [-0.3, -0.25) is 9.69 Å². The number of carbonyl (C=O) groups excluding carboxylic acids is 2. The standard InChI is InChI=1S/C29H27F3N6O5S/c1-3-41-25-8-6-5-7-24(25)37(19-39)28(44-4-2)35-27(40)34-18-42-22-13-9-20(10-14-22)26-33-17-38(36-26)21-11-15-23(16-12-21)43-29(30,31)32/h5-17,19H,3-4,18H2,1-2H3,(H,34,40). The van der Waals surface area contributed by atoms with Crippen molar-refractivity contribution >= 4 is 35.1 Å². The van der Waals surface area contributed by atoms with Crippen LogP contribution in [0, 0.1) is 0 Å². The van der Waals surface area contributed by atoms with E-state index in [1.165, 1.54) is 51.9 Å². The highest BCUT2D eigenvalue weighted by Crippen LogP contribution is 2.30. The highest BCUT2D eigenvalue weighted by Gasteiger charge is 2.31. The monoisotopic (exact) mass is 628 g/mol. The number of thioether (sulfide) groups is 1. The number of anilines is 1. The summed E-state index contributed by atoms with van der Waals surface area (Å²) in [6, 6.07) is 18.2. The first kappa shape index (κ1) is 31.9. The number of halogens is 3. The molecule has 0 saturated heterocycles. The zero-order chi connectivity index (χ0) is 31.5. The van der Waals surface area contributed by atoms with Crippen molar-refractivity contribution in [3.8, 4) is 34.3 Å². The number of nitrogens with zero attached hydrogens (tertiary/aromatic N) is 5. The lowest BCUT2D eigenvalue weighted by Crippen LogP contribution is -2.32. The number of rotatable bonds is 11. The van der Waals surface area contributed by atoms with Gasteiger partial charge in [0.15, 0.2) is 17.7 Å². The predicted octanol–water partition coefficient (Wildman–Crippen LogP) is 6.05. The van der Waals surface area contributed by atoms with E-state index < -0.39 is 12.4 Å². The molecule has 3 amide bonds. The first-order valence-electron chi connectivity index (χ1n) is 13.2. The second kappa shape index (κ2) is 14.9. The van der Waals surface area contributed by atoms with E-state index in [0.717, 1.165) is 0 Å². The fourth-order valence-corrected chi connectivity index (χ4v) is 4.44. The number of para-hydroxylation sites is 2. The molecule has 0 fully saturated rings. The van der Waals surface area contributed by atoms with E-state index in [2.05, 4.69) is 25.1 Å². The molecule has 15 heteroatoms. The van der Waals surface area contributed by atoms with Crippen LogP contribution in [0.5, 0.6) is 17.2 Å². The van der Waals surface area contributed by atoms with Crippen molar-refractivity contribution in [3.63, 3.8) is 0 Å². The zero-order valence-corrected chi connectivity index (χ0v) is 24.3. The summed E-state index contributed by atoms with van der Waals surface area (Å²) >= 11 is 1.22. The Morgan fingerprint density at radius 1 is 1.02 bits per heavy atom. The van der Waals surface area contributed by atoms with Crippen LogP contribution in [-0.2, 0) is 4.79 Å². The number of amides is 3. The molecule has 3 aromatic carbocycles. The number of carbonyl (C=O) groups is 2. The van der Waals surface area contributed by atoms with Gasteiger partial charge in [0, 0.05) is 5.56 Å². The maximum absolute atomic E-state index is 12.6. The number of hydrogen-bond donors (Lipinski definition) is 1. The van der Waals surface area contributed by atoms with Gasteiger partial charge in [-0.25, -0.2) is 14.5 Å². The van der Waals surface area contributed by atoms with Crippen molar-refractivity contribution in [1.82, 2.24) is 20.1 Å². The average Bonchev–Trinajstić information content (AvgIpc) is 3.49. The molecule has 1 N–H and O–H groups in total. The van der Waals surface area contributed by atoms with Gasteiger partial charge in [-0.05, 0) is 73.3 Å². The minimum atomic E-state index is -4.77. The number of alkyl halides is 3. The normalized spacial score (nSPS) is 11.5. The van der Waals surface area contributed by atoms with Crippen molar-refractivity contribution in [2.45, 2.75) is 20.2 Å². The van der Waals surface area contributed by atoms with Crippen LogP contribution in [0.4, 0.5) is 23.7 Å². The maximum Gasteiger partial charge on any atom is 0.573 e. The molecule has 0 saturated carbocycles. The Labute approximate surface area is 254 Å². The number of benzene rings is 3.